The van der Waals surface area contributed by atoms with Crippen molar-refractivity contribution in [3.63, 3.8) is 0 Å². The molecular formula is C10H22Cl2N2O. The second-order valence-corrected chi connectivity index (χ2v) is 4.29. The van der Waals surface area contributed by atoms with Crippen molar-refractivity contribution in [2.24, 2.45) is 0 Å². The van der Waals surface area contributed by atoms with E-state index in [0.29, 0.717) is 5.57 Å². The number of hydrogen-bond donors (Lipinski definition) is 1. The summed E-state index contributed by atoms with van der Waals surface area (Å²) in [6.07, 6.45) is 1.08. The molecule has 3 nitrogen and oxygen atoms in total. The average Bonchev–Trinajstić information content (AvgIpc) is 1.96. The molecule has 1 N–H and O–H groups in total. The fourth-order valence-electron chi connectivity index (χ4n) is 1.12. The summed E-state index contributed by atoms with van der Waals surface area (Å²) in [6.45, 7) is 7.39. The SMILES string of the molecule is C=C(C)C(=O)NC(CC)[N+](C)(C)C.Cl.[Cl-]. The lowest BCUT2D eigenvalue weighted by molar-refractivity contribution is -0.898. The van der Waals surface area contributed by atoms with Gasteiger partial charge in [0, 0.05) is 12.0 Å². The van der Waals surface area contributed by atoms with E-state index in [2.05, 4.69) is 40.0 Å². The van der Waals surface area contributed by atoms with Crippen LogP contribution >= 0.6 is 12.4 Å². The Balaban J connectivity index is -0.000000720. The first kappa shape index (κ1) is 20.2. The van der Waals surface area contributed by atoms with Crippen molar-refractivity contribution < 1.29 is 21.7 Å². The molecule has 0 aliphatic heterocycles. The van der Waals surface area contributed by atoms with Crippen molar-refractivity contribution in [1.82, 2.24) is 5.32 Å². The molecule has 0 heterocycles. The van der Waals surface area contributed by atoms with Crippen molar-refractivity contribution >= 4 is 18.3 Å². The van der Waals surface area contributed by atoms with Gasteiger partial charge in [-0.15, -0.1) is 12.4 Å². The lowest BCUT2D eigenvalue weighted by Crippen LogP contribution is -3.00. The zero-order valence-corrected chi connectivity index (χ0v) is 11.7. The summed E-state index contributed by atoms with van der Waals surface area (Å²) in [4.78, 5) is 11.3. The first-order valence-electron chi connectivity index (χ1n) is 4.56. The van der Waals surface area contributed by atoms with Crippen LogP contribution in [0.1, 0.15) is 20.3 Å². The minimum Gasteiger partial charge on any atom is -1.00 e. The molecule has 15 heavy (non-hydrogen) atoms. The van der Waals surface area contributed by atoms with E-state index in [1.165, 1.54) is 0 Å². The van der Waals surface area contributed by atoms with Crippen LogP contribution in [0.5, 0.6) is 0 Å². The minimum atomic E-state index is -0.0556. The molecule has 1 amide bonds. The maximum atomic E-state index is 11.3. The van der Waals surface area contributed by atoms with Crippen LogP contribution in [0, 0.1) is 0 Å². The Hall–Kier alpha value is -0.250. The Morgan fingerprint density at radius 2 is 1.80 bits per heavy atom. The summed E-state index contributed by atoms with van der Waals surface area (Å²) in [5.74, 6) is -0.0556. The molecule has 0 saturated carbocycles. The molecule has 0 aromatic heterocycles. The third-order valence-electron chi connectivity index (χ3n) is 2.01. The van der Waals surface area contributed by atoms with Gasteiger partial charge in [-0.05, 0) is 6.92 Å². The first-order valence-corrected chi connectivity index (χ1v) is 4.56. The number of halogens is 2. The lowest BCUT2D eigenvalue weighted by Gasteiger charge is -2.33. The van der Waals surface area contributed by atoms with Gasteiger partial charge in [0.05, 0.1) is 21.1 Å². The second-order valence-electron chi connectivity index (χ2n) is 4.29. The largest absolute Gasteiger partial charge is 1.00 e. The van der Waals surface area contributed by atoms with Gasteiger partial charge in [-0.2, -0.15) is 0 Å². The van der Waals surface area contributed by atoms with Crippen LogP contribution in [-0.2, 0) is 4.79 Å². The Bertz CT molecular complexity index is 212. The Labute approximate surface area is 105 Å². The van der Waals surface area contributed by atoms with E-state index in [-0.39, 0.29) is 36.9 Å². The molecule has 0 spiro atoms. The summed E-state index contributed by atoms with van der Waals surface area (Å²) in [7, 11) is 6.19. The van der Waals surface area contributed by atoms with E-state index in [9.17, 15) is 4.79 Å². The van der Waals surface area contributed by atoms with E-state index in [4.69, 9.17) is 0 Å². The molecule has 0 saturated heterocycles. The van der Waals surface area contributed by atoms with E-state index in [1.54, 1.807) is 6.92 Å². The van der Waals surface area contributed by atoms with Gasteiger partial charge in [0.15, 0.2) is 6.17 Å². The minimum absolute atomic E-state index is 0. The van der Waals surface area contributed by atoms with Crippen LogP contribution in [0.2, 0.25) is 0 Å². The molecular weight excluding hydrogens is 235 g/mol. The van der Waals surface area contributed by atoms with Crippen molar-refractivity contribution in [2.45, 2.75) is 26.4 Å². The van der Waals surface area contributed by atoms with Crippen molar-refractivity contribution in [1.29, 1.82) is 0 Å². The number of quaternary nitrogens is 1. The van der Waals surface area contributed by atoms with Crippen molar-refractivity contribution in [3.05, 3.63) is 12.2 Å². The predicted octanol–water partition coefficient (Wildman–Crippen LogP) is -1.45. The summed E-state index contributed by atoms with van der Waals surface area (Å²) < 4.78 is 0.732. The van der Waals surface area contributed by atoms with Gasteiger partial charge in [0.25, 0.3) is 5.91 Å². The number of nitrogens with one attached hydrogen (secondary N) is 1. The van der Waals surface area contributed by atoms with E-state index in [0.717, 1.165) is 10.9 Å². The molecule has 0 bridgehead atoms. The number of nitrogens with zero attached hydrogens (tertiary/aromatic N) is 1. The molecule has 0 aromatic carbocycles. The average molecular weight is 257 g/mol. The van der Waals surface area contributed by atoms with Crippen LogP contribution < -0.4 is 17.7 Å². The van der Waals surface area contributed by atoms with Gasteiger partial charge in [-0.3, -0.25) is 4.79 Å². The zero-order valence-electron chi connectivity index (χ0n) is 10.1. The first-order chi connectivity index (χ1) is 5.79. The van der Waals surface area contributed by atoms with Crippen LogP contribution in [0.4, 0.5) is 0 Å². The lowest BCUT2D eigenvalue weighted by atomic mass is 10.2. The van der Waals surface area contributed by atoms with E-state index < -0.39 is 0 Å². The van der Waals surface area contributed by atoms with Crippen molar-refractivity contribution in [2.75, 3.05) is 21.1 Å². The third kappa shape index (κ3) is 7.65. The second kappa shape index (κ2) is 7.97. The molecule has 0 aliphatic carbocycles. The molecule has 0 aliphatic rings. The number of carbonyl (C=O) groups is 1. The smallest absolute Gasteiger partial charge is 0.250 e. The molecule has 0 fully saturated rings. The number of amides is 1. The molecule has 0 radical (unpaired) electrons. The highest BCUT2D eigenvalue weighted by Gasteiger charge is 2.23. The van der Waals surface area contributed by atoms with Crippen molar-refractivity contribution in [3.8, 4) is 0 Å². The Morgan fingerprint density at radius 1 is 1.40 bits per heavy atom. The maximum absolute atomic E-state index is 11.3. The Kier molecular flexibility index (Phi) is 10.7. The van der Waals surface area contributed by atoms with Gasteiger partial charge in [-0.1, -0.05) is 13.5 Å². The maximum Gasteiger partial charge on any atom is 0.250 e. The van der Waals surface area contributed by atoms with Gasteiger partial charge in [0.2, 0.25) is 0 Å². The standard InChI is InChI=1S/C10H20N2O.2ClH/c1-7-9(12(4,5)6)11-10(13)8(2)3;;/h9H,2,7H2,1,3-6H3;2*1H. The van der Waals surface area contributed by atoms with Gasteiger partial charge in [-0.25, -0.2) is 0 Å². The van der Waals surface area contributed by atoms with Crippen LogP contribution in [0.15, 0.2) is 12.2 Å². The third-order valence-corrected chi connectivity index (χ3v) is 2.01. The quantitative estimate of drug-likeness (QED) is 0.372. The molecule has 92 valence electrons. The Morgan fingerprint density at radius 3 is 2.00 bits per heavy atom. The molecule has 5 heteroatoms. The topological polar surface area (TPSA) is 29.1 Å². The summed E-state index contributed by atoms with van der Waals surface area (Å²) in [6, 6.07) is 0. The molecule has 1 unspecified atom stereocenters. The highest BCUT2D eigenvalue weighted by atomic mass is 35.5. The summed E-state index contributed by atoms with van der Waals surface area (Å²) in [5.41, 5.74) is 0.562. The van der Waals surface area contributed by atoms with E-state index in [1.807, 2.05) is 0 Å². The highest BCUT2D eigenvalue weighted by Crippen LogP contribution is 2.04. The molecule has 0 aromatic rings. The van der Waals surface area contributed by atoms with Gasteiger partial charge >= 0.3 is 0 Å². The number of carbonyl (C=O) groups excluding carboxylic acids is 1. The predicted molar refractivity (Wildman–Crippen MR) is 62.3 cm³/mol. The number of hydrogen-bond acceptors (Lipinski definition) is 1. The fourth-order valence-corrected chi connectivity index (χ4v) is 1.12. The van der Waals surface area contributed by atoms with Gasteiger partial charge < -0.3 is 22.2 Å². The zero-order chi connectivity index (χ0) is 10.6. The molecule has 0 rings (SSSR count). The van der Waals surface area contributed by atoms with Crippen LogP contribution in [0.25, 0.3) is 0 Å². The van der Waals surface area contributed by atoms with E-state index >= 15 is 0 Å². The monoisotopic (exact) mass is 256 g/mol. The number of rotatable bonds is 4. The summed E-state index contributed by atoms with van der Waals surface area (Å²) in [5, 5.41) is 2.94. The fraction of sp³-hybridized carbons (Fsp3) is 0.700. The summed E-state index contributed by atoms with van der Waals surface area (Å²) >= 11 is 0. The van der Waals surface area contributed by atoms with Crippen LogP contribution in [-0.4, -0.2) is 37.7 Å². The highest BCUT2D eigenvalue weighted by molar-refractivity contribution is 5.92. The van der Waals surface area contributed by atoms with Gasteiger partial charge in [0.1, 0.15) is 0 Å². The molecule has 1 atom stereocenters. The normalized spacial score (nSPS) is 11.8. The van der Waals surface area contributed by atoms with Crippen LogP contribution in [0.3, 0.4) is 0 Å².